The van der Waals surface area contributed by atoms with Crippen molar-refractivity contribution < 1.29 is 4.74 Å². The van der Waals surface area contributed by atoms with E-state index < -0.39 is 0 Å². The zero-order chi connectivity index (χ0) is 9.84. The standard InChI is InChI=1S/C10H12N2O/c1-7(2)13-10-4-8(6-11)3-9(12)5-10/h3-5,7H,12H2,1-2H3. The number of rotatable bonds is 2. The number of benzene rings is 1. The fourth-order valence-electron chi connectivity index (χ4n) is 1.03. The van der Waals surface area contributed by atoms with Gasteiger partial charge < -0.3 is 10.5 Å². The number of nitriles is 1. The Labute approximate surface area is 77.7 Å². The Morgan fingerprint density at radius 3 is 2.62 bits per heavy atom. The number of hydrogen-bond acceptors (Lipinski definition) is 3. The van der Waals surface area contributed by atoms with Gasteiger partial charge in [-0.05, 0) is 26.0 Å². The van der Waals surface area contributed by atoms with Gasteiger partial charge in [-0.1, -0.05) is 0 Å². The third-order valence-electron chi connectivity index (χ3n) is 1.43. The predicted molar refractivity (Wildman–Crippen MR) is 51.3 cm³/mol. The Morgan fingerprint density at radius 2 is 2.08 bits per heavy atom. The van der Waals surface area contributed by atoms with E-state index in [0.29, 0.717) is 17.0 Å². The first kappa shape index (κ1) is 9.40. The fraction of sp³-hybridized carbons (Fsp3) is 0.300. The lowest BCUT2D eigenvalue weighted by Crippen LogP contribution is -2.05. The molecule has 0 spiro atoms. The van der Waals surface area contributed by atoms with Gasteiger partial charge in [-0.3, -0.25) is 0 Å². The molecule has 0 bridgehead atoms. The van der Waals surface area contributed by atoms with E-state index in [4.69, 9.17) is 15.7 Å². The Balaban J connectivity index is 2.96. The first-order chi connectivity index (χ1) is 6.11. The molecule has 0 unspecified atom stereocenters. The van der Waals surface area contributed by atoms with Crippen molar-refractivity contribution in [3.63, 3.8) is 0 Å². The maximum atomic E-state index is 8.66. The van der Waals surface area contributed by atoms with Crippen LogP contribution in [0.5, 0.6) is 5.75 Å². The average molecular weight is 176 g/mol. The van der Waals surface area contributed by atoms with Crippen LogP contribution in [0.4, 0.5) is 5.69 Å². The number of nitrogens with two attached hydrogens (primary N) is 1. The van der Waals surface area contributed by atoms with Gasteiger partial charge in [0.2, 0.25) is 0 Å². The van der Waals surface area contributed by atoms with Gasteiger partial charge in [-0.2, -0.15) is 5.26 Å². The molecule has 0 saturated heterocycles. The normalized spacial score (nSPS) is 9.69. The number of ether oxygens (including phenoxy) is 1. The molecule has 0 amide bonds. The quantitative estimate of drug-likeness (QED) is 0.700. The van der Waals surface area contributed by atoms with Crippen molar-refractivity contribution in [3.8, 4) is 11.8 Å². The molecule has 0 radical (unpaired) electrons. The summed E-state index contributed by atoms with van der Waals surface area (Å²) in [7, 11) is 0. The highest BCUT2D eigenvalue weighted by molar-refractivity contribution is 5.51. The number of anilines is 1. The zero-order valence-electron chi connectivity index (χ0n) is 7.74. The van der Waals surface area contributed by atoms with Gasteiger partial charge in [0, 0.05) is 11.8 Å². The summed E-state index contributed by atoms with van der Waals surface area (Å²) in [4.78, 5) is 0. The summed E-state index contributed by atoms with van der Waals surface area (Å²) >= 11 is 0. The highest BCUT2D eigenvalue weighted by Gasteiger charge is 2.01. The smallest absolute Gasteiger partial charge is 0.123 e. The minimum absolute atomic E-state index is 0.0911. The minimum Gasteiger partial charge on any atom is -0.491 e. The molecule has 2 N–H and O–H groups in total. The van der Waals surface area contributed by atoms with Crippen LogP contribution in [0.25, 0.3) is 0 Å². The molecule has 68 valence electrons. The van der Waals surface area contributed by atoms with Gasteiger partial charge in [-0.15, -0.1) is 0 Å². The van der Waals surface area contributed by atoms with E-state index in [0.717, 1.165) is 0 Å². The van der Waals surface area contributed by atoms with E-state index in [1.807, 2.05) is 19.9 Å². The molecular formula is C10H12N2O. The second-order valence-electron chi connectivity index (χ2n) is 3.07. The number of nitrogen functional groups attached to an aromatic ring is 1. The highest BCUT2D eigenvalue weighted by Crippen LogP contribution is 2.19. The van der Waals surface area contributed by atoms with Gasteiger partial charge in [0.05, 0.1) is 17.7 Å². The molecule has 1 aromatic carbocycles. The molecule has 1 rings (SSSR count). The molecule has 0 atom stereocenters. The molecule has 0 saturated carbocycles. The van der Waals surface area contributed by atoms with Crippen LogP contribution in [-0.4, -0.2) is 6.10 Å². The molecule has 3 heteroatoms. The van der Waals surface area contributed by atoms with E-state index >= 15 is 0 Å². The van der Waals surface area contributed by atoms with Gasteiger partial charge >= 0.3 is 0 Å². The van der Waals surface area contributed by atoms with E-state index in [2.05, 4.69) is 0 Å². The van der Waals surface area contributed by atoms with Crippen molar-refractivity contribution in [1.82, 2.24) is 0 Å². The van der Waals surface area contributed by atoms with Crippen LogP contribution >= 0.6 is 0 Å². The van der Waals surface area contributed by atoms with Crippen molar-refractivity contribution in [2.24, 2.45) is 0 Å². The largest absolute Gasteiger partial charge is 0.491 e. The van der Waals surface area contributed by atoms with Gasteiger partial charge in [0.1, 0.15) is 5.75 Å². The second kappa shape index (κ2) is 3.81. The third kappa shape index (κ3) is 2.68. The van der Waals surface area contributed by atoms with Crippen LogP contribution in [0, 0.1) is 11.3 Å². The van der Waals surface area contributed by atoms with E-state index in [1.165, 1.54) is 0 Å². The lowest BCUT2D eigenvalue weighted by atomic mass is 10.2. The molecule has 0 aliphatic rings. The van der Waals surface area contributed by atoms with Crippen molar-refractivity contribution in [2.45, 2.75) is 20.0 Å². The van der Waals surface area contributed by atoms with Crippen molar-refractivity contribution in [3.05, 3.63) is 23.8 Å². The molecular weight excluding hydrogens is 164 g/mol. The summed E-state index contributed by atoms with van der Waals surface area (Å²) in [6.45, 7) is 3.85. The molecule has 3 nitrogen and oxygen atoms in total. The fourth-order valence-corrected chi connectivity index (χ4v) is 1.03. The van der Waals surface area contributed by atoms with E-state index in [-0.39, 0.29) is 6.10 Å². The Bertz CT molecular complexity index is 339. The average Bonchev–Trinajstić information content (AvgIpc) is 2.01. The SMILES string of the molecule is CC(C)Oc1cc(N)cc(C#N)c1. The second-order valence-corrected chi connectivity index (χ2v) is 3.07. The lowest BCUT2D eigenvalue weighted by molar-refractivity contribution is 0.242. The van der Waals surface area contributed by atoms with Crippen LogP contribution in [0.3, 0.4) is 0 Å². The Hall–Kier alpha value is -1.69. The van der Waals surface area contributed by atoms with Crippen molar-refractivity contribution in [1.29, 1.82) is 5.26 Å². The molecule has 0 aliphatic carbocycles. The van der Waals surface area contributed by atoms with Crippen LogP contribution in [-0.2, 0) is 0 Å². The Kier molecular flexibility index (Phi) is 2.76. The summed E-state index contributed by atoms with van der Waals surface area (Å²) in [6.07, 6.45) is 0.0911. The molecule has 0 aromatic heterocycles. The predicted octanol–water partition coefficient (Wildman–Crippen LogP) is 1.93. The van der Waals surface area contributed by atoms with Crippen LogP contribution in [0.1, 0.15) is 19.4 Å². The molecule has 13 heavy (non-hydrogen) atoms. The molecule has 0 aliphatic heterocycles. The van der Waals surface area contributed by atoms with Crippen LogP contribution in [0.15, 0.2) is 18.2 Å². The number of nitrogens with zero attached hydrogens (tertiary/aromatic N) is 1. The third-order valence-corrected chi connectivity index (χ3v) is 1.43. The first-order valence-electron chi connectivity index (χ1n) is 4.09. The summed E-state index contributed by atoms with van der Waals surface area (Å²) in [6, 6.07) is 7.03. The van der Waals surface area contributed by atoms with E-state index in [9.17, 15) is 0 Å². The van der Waals surface area contributed by atoms with E-state index in [1.54, 1.807) is 18.2 Å². The topological polar surface area (TPSA) is 59.0 Å². The molecule has 1 aromatic rings. The first-order valence-corrected chi connectivity index (χ1v) is 4.09. The maximum Gasteiger partial charge on any atom is 0.123 e. The monoisotopic (exact) mass is 176 g/mol. The number of hydrogen-bond donors (Lipinski definition) is 1. The van der Waals surface area contributed by atoms with Gasteiger partial charge in [-0.25, -0.2) is 0 Å². The van der Waals surface area contributed by atoms with Crippen LogP contribution in [0.2, 0.25) is 0 Å². The van der Waals surface area contributed by atoms with Crippen molar-refractivity contribution in [2.75, 3.05) is 5.73 Å². The summed E-state index contributed by atoms with van der Waals surface area (Å²) < 4.78 is 5.41. The zero-order valence-corrected chi connectivity index (χ0v) is 7.74. The van der Waals surface area contributed by atoms with Crippen LogP contribution < -0.4 is 10.5 Å². The van der Waals surface area contributed by atoms with Gasteiger partial charge in [0.15, 0.2) is 0 Å². The lowest BCUT2D eigenvalue weighted by Gasteiger charge is -2.10. The summed E-state index contributed by atoms with van der Waals surface area (Å²) in [5.74, 6) is 0.645. The van der Waals surface area contributed by atoms with Crippen molar-refractivity contribution >= 4 is 5.69 Å². The highest BCUT2D eigenvalue weighted by atomic mass is 16.5. The summed E-state index contributed by atoms with van der Waals surface area (Å²) in [5.41, 5.74) is 6.65. The molecule has 0 heterocycles. The van der Waals surface area contributed by atoms with Gasteiger partial charge in [0.25, 0.3) is 0 Å². The maximum absolute atomic E-state index is 8.66. The summed E-state index contributed by atoms with van der Waals surface area (Å²) in [5, 5.41) is 8.66. The minimum atomic E-state index is 0.0911. The molecule has 0 fully saturated rings. The Morgan fingerprint density at radius 1 is 1.38 bits per heavy atom.